The number of para-hydroxylation sites is 2. The Labute approximate surface area is 392 Å². The third-order valence-electron chi connectivity index (χ3n) is 12.9. The van der Waals surface area contributed by atoms with Crippen molar-refractivity contribution < 1.29 is 4.42 Å². The molecule has 4 aromatic heterocycles. The predicted octanol–water partition coefficient (Wildman–Crippen LogP) is 15.9. The molecule has 0 saturated carbocycles. The van der Waals surface area contributed by atoms with Gasteiger partial charge in [0.05, 0.1) is 16.7 Å². The van der Waals surface area contributed by atoms with Gasteiger partial charge in [-0.2, -0.15) is 0 Å². The minimum absolute atomic E-state index is 0.513. The first-order chi connectivity index (χ1) is 33.7. The summed E-state index contributed by atoms with van der Waals surface area (Å²) < 4.78 is 9.17. The van der Waals surface area contributed by atoms with Crippen molar-refractivity contribution in [3.63, 3.8) is 0 Å². The maximum atomic E-state index is 6.85. The molecule has 0 aliphatic carbocycles. The van der Waals surface area contributed by atoms with Crippen LogP contribution in [0.15, 0.2) is 241 Å². The van der Waals surface area contributed by atoms with Crippen molar-refractivity contribution in [2.75, 3.05) is 0 Å². The summed E-state index contributed by atoms with van der Waals surface area (Å²) in [6.07, 6.45) is 2.01. The van der Waals surface area contributed by atoms with Gasteiger partial charge >= 0.3 is 0 Å². The van der Waals surface area contributed by atoms with Gasteiger partial charge in [0.15, 0.2) is 17.5 Å². The highest BCUT2D eigenvalue weighted by atomic mass is 16.3. The van der Waals surface area contributed by atoms with Gasteiger partial charge in [-0.1, -0.05) is 188 Å². The number of nitrogens with zero attached hydrogens (tertiary/aromatic N) is 5. The van der Waals surface area contributed by atoms with E-state index in [9.17, 15) is 0 Å². The number of benzene rings is 9. The van der Waals surface area contributed by atoms with Crippen LogP contribution in [0.4, 0.5) is 0 Å². The van der Waals surface area contributed by atoms with Crippen molar-refractivity contribution in [3.05, 3.63) is 237 Å². The summed E-state index contributed by atoms with van der Waals surface area (Å²) >= 11 is 0. The topological polar surface area (TPSA) is 69.6 Å². The van der Waals surface area contributed by atoms with Gasteiger partial charge in [0, 0.05) is 67.3 Å². The molecule has 0 fully saturated rings. The summed E-state index contributed by atoms with van der Waals surface area (Å²) in [5.74, 6) is 1.66. The van der Waals surface area contributed by atoms with E-state index in [-0.39, 0.29) is 0 Å². The van der Waals surface area contributed by atoms with Gasteiger partial charge in [-0.25, -0.2) is 15.0 Å². The molecule has 0 N–H and O–H groups in total. The van der Waals surface area contributed by atoms with Gasteiger partial charge < -0.3 is 8.98 Å². The lowest BCUT2D eigenvalue weighted by molar-refractivity contribution is 0.669. The van der Waals surface area contributed by atoms with E-state index in [2.05, 4.69) is 168 Å². The molecule has 4 heterocycles. The van der Waals surface area contributed by atoms with Crippen LogP contribution >= 0.6 is 0 Å². The van der Waals surface area contributed by atoms with E-state index >= 15 is 0 Å². The summed E-state index contributed by atoms with van der Waals surface area (Å²) in [7, 11) is 0. The molecule has 0 aliphatic rings. The maximum absolute atomic E-state index is 6.85. The number of hydrogen-bond acceptors (Lipinski definition) is 5. The molecule has 0 saturated heterocycles. The number of aromatic nitrogens is 5. The Morgan fingerprint density at radius 3 is 1.50 bits per heavy atom. The summed E-state index contributed by atoms with van der Waals surface area (Å²) in [6, 6.07) is 80.0. The van der Waals surface area contributed by atoms with Crippen molar-refractivity contribution in [3.8, 4) is 84.5 Å². The third kappa shape index (κ3) is 6.66. The van der Waals surface area contributed by atoms with E-state index in [4.69, 9.17) is 24.4 Å². The molecule has 6 nitrogen and oxygen atoms in total. The van der Waals surface area contributed by atoms with E-state index in [1.165, 1.54) is 5.39 Å². The fraction of sp³-hybridized carbons (Fsp3) is 0. The molecule has 0 bridgehead atoms. The number of fused-ring (bicyclic) bond motifs is 6. The molecule has 0 radical (unpaired) electrons. The lowest BCUT2D eigenvalue weighted by Crippen LogP contribution is -2.02. The number of rotatable bonds is 8. The highest BCUT2D eigenvalue weighted by molar-refractivity contribution is 6.20. The summed E-state index contributed by atoms with van der Waals surface area (Å²) in [5, 5.41) is 4.28. The average molecular weight is 870 g/mol. The SMILES string of the molecule is c1ccc(-c2nc(-c3ccccc3)nc(-c3cc(-c4c(-c5ccccc5)cccc4-c4ccccc4)cnc3-c3cccc4oc5cc6c(cc5c34)c3ccccc3n6-c3ccccc3)n2)cc1. The van der Waals surface area contributed by atoms with Crippen LogP contribution in [-0.2, 0) is 0 Å². The second-order valence-corrected chi connectivity index (χ2v) is 17.0. The Hall–Kier alpha value is -9.26. The minimum atomic E-state index is 0.513. The lowest BCUT2D eigenvalue weighted by Gasteiger charge is -2.18. The zero-order valence-corrected chi connectivity index (χ0v) is 36.7. The Morgan fingerprint density at radius 2 is 0.868 bits per heavy atom. The van der Waals surface area contributed by atoms with E-state index in [1.807, 2.05) is 72.9 Å². The second-order valence-electron chi connectivity index (χ2n) is 17.0. The lowest BCUT2D eigenvalue weighted by atomic mass is 9.87. The van der Waals surface area contributed by atoms with Crippen molar-refractivity contribution in [2.24, 2.45) is 0 Å². The molecule has 0 aliphatic heterocycles. The highest BCUT2D eigenvalue weighted by Crippen LogP contribution is 2.46. The molecule has 68 heavy (non-hydrogen) atoms. The molecule has 318 valence electrons. The minimum Gasteiger partial charge on any atom is -0.456 e. The highest BCUT2D eigenvalue weighted by Gasteiger charge is 2.24. The molecule has 9 aromatic carbocycles. The average Bonchev–Trinajstić information content (AvgIpc) is 3.95. The van der Waals surface area contributed by atoms with Gasteiger partial charge in [-0.3, -0.25) is 4.98 Å². The van der Waals surface area contributed by atoms with Crippen molar-refractivity contribution in [1.82, 2.24) is 24.5 Å². The van der Waals surface area contributed by atoms with E-state index < -0.39 is 0 Å². The smallest absolute Gasteiger partial charge is 0.166 e. The first-order valence-electron chi connectivity index (χ1n) is 22.8. The Morgan fingerprint density at radius 1 is 0.338 bits per heavy atom. The van der Waals surface area contributed by atoms with Gasteiger partial charge in [0.2, 0.25) is 0 Å². The van der Waals surface area contributed by atoms with Crippen LogP contribution in [0.2, 0.25) is 0 Å². The Balaban J connectivity index is 1.11. The summed E-state index contributed by atoms with van der Waals surface area (Å²) in [4.78, 5) is 21.3. The molecule has 0 amide bonds. The normalized spacial score (nSPS) is 11.5. The van der Waals surface area contributed by atoms with E-state index in [0.29, 0.717) is 17.5 Å². The molecule has 6 heteroatoms. The summed E-state index contributed by atoms with van der Waals surface area (Å²) in [5.41, 5.74) is 15.5. The Bertz CT molecular complexity index is 3880. The number of furan rings is 1. The van der Waals surface area contributed by atoms with Crippen LogP contribution in [0.25, 0.3) is 128 Å². The maximum Gasteiger partial charge on any atom is 0.166 e. The fourth-order valence-electron chi connectivity index (χ4n) is 9.84. The van der Waals surface area contributed by atoms with Crippen LogP contribution in [0.1, 0.15) is 0 Å². The first-order valence-corrected chi connectivity index (χ1v) is 22.8. The van der Waals surface area contributed by atoms with Crippen molar-refractivity contribution >= 4 is 43.7 Å². The number of hydrogen-bond donors (Lipinski definition) is 0. The Kier molecular flexibility index (Phi) is 9.39. The van der Waals surface area contributed by atoms with Crippen LogP contribution in [0.5, 0.6) is 0 Å². The molecule has 13 rings (SSSR count). The zero-order chi connectivity index (χ0) is 45.0. The third-order valence-corrected chi connectivity index (χ3v) is 12.9. The van der Waals surface area contributed by atoms with E-state index in [0.717, 1.165) is 105 Å². The van der Waals surface area contributed by atoms with Gasteiger partial charge in [-0.15, -0.1) is 0 Å². The monoisotopic (exact) mass is 869 g/mol. The molecule has 0 unspecified atom stereocenters. The molecular formula is C62H39N5O. The van der Waals surface area contributed by atoms with Gasteiger partial charge in [0.1, 0.15) is 11.2 Å². The molecular weight excluding hydrogens is 831 g/mol. The second kappa shape index (κ2) is 16.3. The van der Waals surface area contributed by atoms with Gasteiger partial charge in [-0.05, 0) is 64.2 Å². The zero-order valence-electron chi connectivity index (χ0n) is 36.7. The summed E-state index contributed by atoms with van der Waals surface area (Å²) in [6.45, 7) is 0. The molecule has 0 atom stereocenters. The van der Waals surface area contributed by atoms with Crippen molar-refractivity contribution in [1.29, 1.82) is 0 Å². The predicted molar refractivity (Wildman–Crippen MR) is 277 cm³/mol. The molecule has 13 aromatic rings. The first kappa shape index (κ1) is 39.1. The van der Waals surface area contributed by atoms with Crippen LogP contribution in [0.3, 0.4) is 0 Å². The fourth-order valence-corrected chi connectivity index (χ4v) is 9.84. The molecule has 0 spiro atoms. The quantitative estimate of drug-likeness (QED) is 0.152. The van der Waals surface area contributed by atoms with Crippen molar-refractivity contribution in [2.45, 2.75) is 0 Å². The van der Waals surface area contributed by atoms with Crippen LogP contribution in [0, 0.1) is 0 Å². The van der Waals surface area contributed by atoms with Gasteiger partial charge in [0.25, 0.3) is 0 Å². The largest absolute Gasteiger partial charge is 0.456 e. The number of pyridine rings is 1. The van der Waals surface area contributed by atoms with Crippen LogP contribution < -0.4 is 0 Å². The van der Waals surface area contributed by atoms with Crippen LogP contribution in [-0.4, -0.2) is 24.5 Å². The van der Waals surface area contributed by atoms with E-state index in [1.54, 1.807) is 0 Å². The standard InChI is InChI=1S/C62H39N5O/c1-6-20-40(21-7-1)46-31-18-32-47(41-22-8-2-9-23-41)57(46)44-36-52(62-65-60(42-24-10-3-11-25-42)64-61(66-62)43-26-12-4-13-27-43)59(63-39-44)49-33-19-35-55-58(49)51-37-50-48-30-16-17-34-53(48)67(45-28-14-5-15-29-45)54(50)38-56(51)68-55/h1-39H.